The Morgan fingerprint density at radius 3 is 2.14 bits per heavy atom. The third-order valence-electron chi connectivity index (χ3n) is 1.23. The van der Waals surface area contributed by atoms with Gasteiger partial charge < -0.3 is 14.2 Å². The quantitative estimate of drug-likeness (QED) is 0.372. The fraction of sp³-hybridized carbons (Fsp3) is 0.556. The molecule has 80 valence electrons. The van der Waals surface area contributed by atoms with E-state index in [9.17, 15) is 9.59 Å². The van der Waals surface area contributed by atoms with Gasteiger partial charge in [-0.3, -0.25) is 0 Å². The Morgan fingerprint density at radius 1 is 1.14 bits per heavy atom. The van der Waals surface area contributed by atoms with E-state index in [2.05, 4.69) is 14.2 Å². The molecule has 0 aliphatic carbocycles. The van der Waals surface area contributed by atoms with Crippen molar-refractivity contribution in [3.63, 3.8) is 0 Å². The van der Waals surface area contributed by atoms with Crippen molar-refractivity contribution in [2.24, 2.45) is 0 Å². The number of carbonyl (C=O) groups excluding carboxylic acids is 2. The van der Waals surface area contributed by atoms with E-state index in [4.69, 9.17) is 0 Å². The lowest BCUT2D eigenvalue weighted by atomic mass is 10.4. The van der Waals surface area contributed by atoms with Gasteiger partial charge in [0.15, 0.2) is 0 Å². The molecule has 0 aliphatic heterocycles. The smallest absolute Gasteiger partial charge is 0.373 e. The van der Waals surface area contributed by atoms with Crippen molar-refractivity contribution < 1.29 is 23.8 Å². The molecule has 0 aromatic heterocycles. The summed E-state index contributed by atoms with van der Waals surface area (Å²) >= 11 is 0. The molecule has 0 spiro atoms. The van der Waals surface area contributed by atoms with Crippen LogP contribution in [0.5, 0.6) is 0 Å². The number of rotatable bonds is 5. The van der Waals surface area contributed by atoms with Crippen LogP contribution >= 0.6 is 0 Å². The van der Waals surface area contributed by atoms with Gasteiger partial charge >= 0.3 is 11.9 Å². The van der Waals surface area contributed by atoms with Crippen molar-refractivity contribution in [2.45, 2.75) is 13.8 Å². The molecule has 0 aromatic rings. The largest absolute Gasteiger partial charge is 0.490 e. The number of methoxy groups -OCH3 is 1. The molecule has 0 fully saturated rings. The number of hydrogen-bond donors (Lipinski definition) is 0. The summed E-state index contributed by atoms with van der Waals surface area (Å²) in [6.45, 7) is 3.80. The van der Waals surface area contributed by atoms with Crippen molar-refractivity contribution >= 4 is 11.9 Å². The van der Waals surface area contributed by atoms with Gasteiger partial charge in [0.2, 0.25) is 5.76 Å². The standard InChI is InChI=1S/C9H14O5/c1-4-13-8(10)6-7(12-3)9(11)14-5-2/h6H,4-5H2,1-3H3. The summed E-state index contributed by atoms with van der Waals surface area (Å²) in [6, 6.07) is 0. The zero-order valence-corrected chi connectivity index (χ0v) is 8.53. The first-order valence-corrected chi connectivity index (χ1v) is 4.25. The second kappa shape index (κ2) is 6.94. The molecule has 0 N–H and O–H groups in total. The van der Waals surface area contributed by atoms with Gasteiger partial charge in [0.05, 0.1) is 26.4 Å². The molecule has 0 atom stereocenters. The minimum absolute atomic E-state index is 0.162. The highest BCUT2D eigenvalue weighted by atomic mass is 16.6. The first kappa shape index (κ1) is 12.5. The van der Waals surface area contributed by atoms with E-state index in [0.717, 1.165) is 6.08 Å². The Hall–Kier alpha value is -1.52. The summed E-state index contributed by atoms with van der Waals surface area (Å²) in [4.78, 5) is 22.0. The summed E-state index contributed by atoms with van der Waals surface area (Å²) in [5.41, 5.74) is 0. The summed E-state index contributed by atoms with van der Waals surface area (Å²) in [5.74, 6) is -1.47. The van der Waals surface area contributed by atoms with Crippen molar-refractivity contribution in [1.29, 1.82) is 0 Å². The summed E-state index contributed by atoms with van der Waals surface area (Å²) in [5, 5.41) is 0. The van der Waals surface area contributed by atoms with Gasteiger partial charge in [0, 0.05) is 0 Å². The first-order valence-electron chi connectivity index (χ1n) is 4.25. The SMILES string of the molecule is CCOC(=O)C=C(OC)C(=O)OCC. The molecule has 5 nitrogen and oxygen atoms in total. The van der Waals surface area contributed by atoms with E-state index in [0.29, 0.717) is 0 Å². The minimum atomic E-state index is -0.678. The molecule has 0 unspecified atom stereocenters. The van der Waals surface area contributed by atoms with Gasteiger partial charge in [-0.15, -0.1) is 0 Å². The number of ether oxygens (including phenoxy) is 3. The molecule has 0 radical (unpaired) electrons. The molecule has 0 heterocycles. The number of hydrogen-bond acceptors (Lipinski definition) is 5. The summed E-state index contributed by atoms with van der Waals surface area (Å²) < 4.78 is 13.9. The second-order valence-electron chi connectivity index (χ2n) is 2.19. The monoisotopic (exact) mass is 202 g/mol. The maximum Gasteiger partial charge on any atom is 0.373 e. The van der Waals surface area contributed by atoms with Crippen LogP contribution in [0, 0.1) is 0 Å². The number of carbonyl (C=O) groups is 2. The van der Waals surface area contributed by atoms with Crippen LogP contribution in [-0.2, 0) is 23.8 Å². The highest BCUT2D eigenvalue weighted by Gasteiger charge is 2.13. The van der Waals surface area contributed by atoms with E-state index in [1.807, 2.05) is 0 Å². The normalized spacial score (nSPS) is 10.6. The van der Waals surface area contributed by atoms with Gasteiger partial charge in [-0.2, -0.15) is 0 Å². The Balaban J connectivity index is 4.38. The van der Waals surface area contributed by atoms with Crippen molar-refractivity contribution in [2.75, 3.05) is 20.3 Å². The van der Waals surface area contributed by atoms with E-state index in [1.54, 1.807) is 13.8 Å². The van der Waals surface area contributed by atoms with Crippen LogP contribution in [-0.4, -0.2) is 32.3 Å². The third-order valence-corrected chi connectivity index (χ3v) is 1.23. The Kier molecular flexibility index (Phi) is 6.19. The summed E-state index contributed by atoms with van der Waals surface area (Å²) in [7, 11) is 1.28. The molecule has 0 amide bonds. The van der Waals surface area contributed by atoms with Crippen LogP contribution < -0.4 is 0 Å². The van der Waals surface area contributed by atoms with Gasteiger partial charge in [0.1, 0.15) is 0 Å². The van der Waals surface area contributed by atoms with Crippen LogP contribution in [0.1, 0.15) is 13.8 Å². The molecule has 5 heteroatoms. The van der Waals surface area contributed by atoms with E-state index in [1.165, 1.54) is 7.11 Å². The van der Waals surface area contributed by atoms with Crippen LogP contribution in [0.4, 0.5) is 0 Å². The fourth-order valence-corrected chi connectivity index (χ4v) is 0.694. The van der Waals surface area contributed by atoms with Crippen molar-refractivity contribution in [3.05, 3.63) is 11.8 Å². The minimum Gasteiger partial charge on any atom is -0.490 e. The van der Waals surface area contributed by atoms with Gasteiger partial charge in [-0.25, -0.2) is 9.59 Å². The number of esters is 2. The summed E-state index contributed by atoms with van der Waals surface area (Å²) in [6.07, 6.45) is 0.960. The highest BCUT2D eigenvalue weighted by molar-refractivity contribution is 5.94. The van der Waals surface area contributed by atoms with Crippen molar-refractivity contribution in [3.8, 4) is 0 Å². The zero-order valence-electron chi connectivity index (χ0n) is 8.53. The maximum atomic E-state index is 11.1. The van der Waals surface area contributed by atoms with Gasteiger partial charge in [-0.05, 0) is 13.8 Å². The Bertz CT molecular complexity index is 231. The van der Waals surface area contributed by atoms with E-state index < -0.39 is 11.9 Å². The average Bonchev–Trinajstić information content (AvgIpc) is 2.15. The van der Waals surface area contributed by atoms with Crippen LogP contribution in [0.2, 0.25) is 0 Å². The molecule has 0 aromatic carbocycles. The van der Waals surface area contributed by atoms with Crippen LogP contribution in [0.25, 0.3) is 0 Å². The fourth-order valence-electron chi connectivity index (χ4n) is 0.694. The lowest BCUT2D eigenvalue weighted by Gasteiger charge is -2.04. The average molecular weight is 202 g/mol. The van der Waals surface area contributed by atoms with Gasteiger partial charge in [0.25, 0.3) is 0 Å². The predicted octanol–water partition coefficient (Wildman–Crippen LogP) is 0.643. The zero-order chi connectivity index (χ0) is 11.0. The van der Waals surface area contributed by atoms with Crippen LogP contribution in [0.3, 0.4) is 0 Å². The molecule has 14 heavy (non-hydrogen) atoms. The molecule has 0 bridgehead atoms. The first-order chi connectivity index (χ1) is 6.65. The molecular formula is C9H14O5. The highest BCUT2D eigenvalue weighted by Crippen LogP contribution is 1.99. The third kappa shape index (κ3) is 4.49. The topological polar surface area (TPSA) is 61.8 Å². The predicted molar refractivity (Wildman–Crippen MR) is 48.4 cm³/mol. The van der Waals surface area contributed by atoms with Gasteiger partial charge in [-0.1, -0.05) is 0 Å². The second-order valence-corrected chi connectivity index (χ2v) is 2.19. The van der Waals surface area contributed by atoms with E-state index in [-0.39, 0.29) is 19.0 Å². The molecule has 0 rings (SSSR count). The lowest BCUT2D eigenvalue weighted by Crippen LogP contribution is -2.12. The maximum absolute atomic E-state index is 11.1. The Morgan fingerprint density at radius 2 is 1.71 bits per heavy atom. The molecule has 0 saturated heterocycles. The van der Waals surface area contributed by atoms with Crippen LogP contribution in [0.15, 0.2) is 11.8 Å². The molecular weight excluding hydrogens is 188 g/mol. The van der Waals surface area contributed by atoms with E-state index >= 15 is 0 Å². The Labute approximate surface area is 82.6 Å². The lowest BCUT2D eigenvalue weighted by molar-refractivity contribution is -0.144. The van der Waals surface area contributed by atoms with Crippen molar-refractivity contribution in [1.82, 2.24) is 0 Å². The molecule has 0 aliphatic rings. The molecule has 0 saturated carbocycles.